The highest BCUT2D eigenvalue weighted by Gasteiger charge is 2.21. The molecule has 0 aromatic carbocycles. The fraction of sp³-hybridized carbons (Fsp3) is 0.500. The maximum atomic E-state index is 11.6. The number of carbonyl (C=O) groups is 2. The van der Waals surface area contributed by atoms with Gasteiger partial charge in [-0.05, 0) is 17.7 Å². The predicted octanol–water partition coefficient (Wildman–Crippen LogP) is 1.43. The second kappa shape index (κ2) is 6.87. The first-order chi connectivity index (χ1) is 8.95. The van der Waals surface area contributed by atoms with Crippen LogP contribution in [-0.2, 0) is 19.7 Å². The van der Waals surface area contributed by atoms with Crippen LogP contribution in [-0.4, -0.2) is 30.5 Å². The average molecular weight is 264 g/mol. The fourth-order valence-corrected chi connectivity index (χ4v) is 1.63. The third kappa shape index (κ3) is 5.07. The molecule has 0 fully saturated rings. The first-order valence-electron chi connectivity index (χ1n) is 6.20. The highest BCUT2D eigenvalue weighted by molar-refractivity contribution is 5.81. The summed E-state index contributed by atoms with van der Waals surface area (Å²) in [5, 5.41) is 2.83. The van der Waals surface area contributed by atoms with Crippen LogP contribution in [0, 0.1) is 0 Å². The van der Waals surface area contributed by atoms with Crippen LogP contribution in [0.2, 0.25) is 0 Å². The molecule has 1 aromatic heterocycles. The maximum Gasteiger partial charge on any atom is 0.306 e. The van der Waals surface area contributed by atoms with Gasteiger partial charge in [-0.1, -0.05) is 13.8 Å². The second-order valence-corrected chi connectivity index (χ2v) is 4.97. The van der Waals surface area contributed by atoms with E-state index in [1.54, 1.807) is 12.4 Å². The minimum absolute atomic E-state index is 0.109. The summed E-state index contributed by atoms with van der Waals surface area (Å²) in [5.74, 6) is -0.518. The van der Waals surface area contributed by atoms with E-state index in [-0.39, 0.29) is 30.1 Å². The molecule has 0 spiro atoms. The smallest absolute Gasteiger partial charge is 0.306 e. The lowest BCUT2D eigenvalue weighted by Crippen LogP contribution is -2.36. The van der Waals surface area contributed by atoms with E-state index >= 15 is 0 Å². The summed E-state index contributed by atoms with van der Waals surface area (Å²) in [6.45, 7) is 4.60. The Balaban J connectivity index is 2.43. The molecular formula is C14H20N2O3. The van der Waals surface area contributed by atoms with Crippen LogP contribution in [0.4, 0.5) is 0 Å². The molecule has 0 saturated heterocycles. The van der Waals surface area contributed by atoms with Crippen molar-refractivity contribution in [2.24, 2.45) is 0 Å². The number of methoxy groups -OCH3 is 1. The SMILES string of the molecule is COC(=O)CCC(=O)NCC(C)(C)c1ccncc1. The van der Waals surface area contributed by atoms with Crippen molar-refractivity contribution in [1.29, 1.82) is 0 Å². The quantitative estimate of drug-likeness (QED) is 0.789. The minimum atomic E-state index is -0.372. The number of ether oxygens (including phenoxy) is 1. The first-order valence-corrected chi connectivity index (χ1v) is 6.20. The van der Waals surface area contributed by atoms with Gasteiger partial charge in [-0.3, -0.25) is 14.6 Å². The molecule has 0 aliphatic rings. The minimum Gasteiger partial charge on any atom is -0.469 e. The van der Waals surface area contributed by atoms with Gasteiger partial charge >= 0.3 is 5.97 Å². The third-order valence-corrected chi connectivity index (χ3v) is 2.97. The molecular weight excluding hydrogens is 244 g/mol. The Kier molecular flexibility index (Phi) is 5.48. The van der Waals surface area contributed by atoms with Crippen LogP contribution in [0.3, 0.4) is 0 Å². The molecule has 1 heterocycles. The number of aromatic nitrogens is 1. The van der Waals surface area contributed by atoms with Crippen molar-refractivity contribution in [3.8, 4) is 0 Å². The van der Waals surface area contributed by atoms with Crippen LogP contribution in [0.25, 0.3) is 0 Å². The Bertz CT molecular complexity index is 430. The summed E-state index contributed by atoms with van der Waals surface area (Å²) < 4.78 is 4.49. The topological polar surface area (TPSA) is 68.3 Å². The largest absolute Gasteiger partial charge is 0.469 e. The molecule has 0 radical (unpaired) electrons. The van der Waals surface area contributed by atoms with Gasteiger partial charge in [-0.25, -0.2) is 0 Å². The molecule has 5 nitrogen and oxygen atoms in total. The van der Waals surface area contributed by atoms with Crippen LogP contribution in [0.15, 0.2) is 24.5 Å². The van der Waals surface area contributed by atoms with Gasteiger partial charge in [0.1, 0.15) is 0 Å². The zero-order valence-corrected chi connectivity index (χ0v) is 11.6. The van der Waals surface area contributed by atoms with Crippen molar-refractivity contribution in [2.45, 2.75) is 32.1 Å². The molecule has 0 saturated carbocycles. The summed E-state index contributed by atoms with van der Waals surface area (Å²) in [6, 6.07) is 3.86. The number of rotatable bonds is 6. The van der Waals surface area contributed by atoms with Gasteiger partial charge in [0.2, 0.25) is 5.91 Å². The zero-order chi connectivity index (χ0) is 14.3. The van der Waals surface area contributed by atoms with E-state index in [1.165, 1.54) is 7.11 Å². The Hall–Kier alpha value is -1.91. The van der Waals surface area contributed by atoms with Crippen molar-refractivity contribution < 1.29 is 14.3 Å². The van der Waals surface area contributed by atoms with Gasteiger partial charge in [-0.2, -0.15) is 0 Å². The molecule has 0 aliphatic heterocycles. The second-order valence-electron chi connectivity index (χ2n) is 4.97. The molecule has 1 rings (SSSR count). The van der Waals surface area contributed by atoms with Crippen LogP contribution < -0.4 is 5.32 Å². The molecule has 0 bridgehead atoms. The molecule has 5 heteroatoms. The monoisotopic (exact) mass is 264 g/mol. The summed E-state index contributed by atoms with van der Waals surface area (Å²) >= 11 is 0. The van der Waals surface area contributed by atoms with Gasteiger partial charge in [0, 0.05) is 30.8 Å². The number of hydrogen-bond acceptors (Lipinski definition) is 4. The summed E-state index contributed by atoms with van der Waals surface area (Å²) in [5.41, 5.74) is 0.930. The molecule has 0 atom stereocenters. The van der Waals surface area contributed by atoms with E-state index in [2.05, 4.69) is 15.0 Å². The van der Waals surface area contributed by atoms with Crippen molar-refractivity contribution in [3.63, 3.8) is 0 Å². The van der Waals surface area contributed by atoms with Crippen molar-refractivity contribution in [2.75, 3.05) is 13.7 Å². The average Bonchev–Trinajstić information content (AvgIpc) is 2.43. The molecule has 0 aliphatic carbocycles. The van der Waals surface area contributed by atoms with Crippen LogP contribution in [0.1, 0.15) is 32.3 Å². The third-order valence-electron chi connectivity index (χ3n) is 2.97. The number of hydrogen-bond donors (Lipinski definition) is 1. The lowest BCUT2D eigenvalue weighted by atomic mass is 9.85. The first kappa shape index (κ1) is 15.1. The lowest BCUT2D eigenvalue weighted by Gasteiger charge is -2.25. The van der Waals surface area contributed by atoms with Crippen molar-refractivity contribution in [3.05, 3.63) is 30.1 Å². The van der Waals surface area contributed by atoms with Gasteiger partial charge in [0.05, 0.1) is 13.5 Å². The molecule has 1 amide bonds. The van der Waals surface area contributed by atoms with Gasteiger partial charge in [-0.15, -0.1) is 0 Å². The standard InChI is InChI=1S/C14H20N2O3/c1-14(2,11-6-8-15-9-7-11)10-16-12(17)4-5-13(18)19-3/h6-9H,4-5,10H2,1-3H3,(H,16,17). The van der Waals surface area contributed by atoms with Gasteiger partial charge in [0.15, 0.2) is 0 Å². The van der Waals surface area contributed by atoms with E-state index in [4.69, 9.17) is 0 Å². The molecule has 104 valence electrons. The zero-order valence-electron chi connectivity index (χ0n) is 11.6. The lowest BCUT2D eigenvalue weighted by molar-refractivity contribution is -0.142. The van der Waals surface area contributed by atoms with Crippen LogP contribution in [0.5, 0.6) is 0 Å². The number of nitrogens with zero attached hydrogens (tertiary/aromatic N) is 1. The molecule has 1 aromatic rings. The van der Waals surface area contributed by atoms with E-state index in [1.807, 2.05) is 26.0 Å². The van der Waals surface area contributed by atoms with E-state index in [9.17, 15) is 9.59 Å². The van der Waals surface area contributed by atoms with Crippen LogP contribution >= 0.6 is 0 Å². The van der Waals surface area contributed by atoms with E-state index in [0.29, 0.717) is 6.54 Å². The molecule has 0 unspecified atom stereocenters. The normalized spacial score (nSPS) is 10.9. The molecule has 19 heavy (non-hydrogen) atoms. The number of amides is 1. The number of carbonyl (C=O) groups excluding carboxylic acids is 2. The Morgan fingerprint density at radius 2 is 1.89 bits per heavy atom. The van der Waals surface area contributed by atoms with Crippen molar-refractivity contribution >= 4 is 11.9 Å². The number of pyridine rings is 1. The summed E-state index contributed by atoms with van der Waals surface area (Å²) in [7, 11) is 1.31. The van der Waals surface area contributed by atoms with E-state index < -0.39 is 0 Å². The Morgan fingerprint density at radius 3 is 2.47 bits per heavy atom. The summed E-state index contributed by atoms with van der Waals surface area (Å²) in [4.78, 5) is 26.5. The number of esters is 1. The fourth-order valence-electron chi connectivity index (χ4n) is 1.63. The Labute approximate surface area is 113 Å². The highest BCUT2D eigenvalue weighted by Crippen LogP contribution is 2.21. The van der Waals surface area contributed by atoms with E-state index in [0.717, 1.165) is 5.56 Å². The summed E-state index contributed by atoms with van der Waals surface area (Å²) in [6.07, 6.45) is 3.73. The predicted molar refractivity (Wildman–Crippen MR) is 71.5 cm³/mol. The number of nitrogens with one attached hydrogen (secondary N) is 1. The molecule has 1 N–H and O–H groups in total. The van der Waals surface area contributed by atoms with Crippen molar-refractivity contribution in [1.82, 2.24) is 10.3 Å². The highest BCUT2D eigenvalue weighted by atomic mass is 16.5. The maximum absolute atomic E-state index is 11.6. The Morgan fingerprint density at radius 1 is 1.26 bits per heavy atom. The van der Waals surface area contributed by atoms with Gasteiger partial charge < -0.3 is 10.1 Å². The van der Waals surface area contributed by atoms with Gasteiger partial charge in [0.25, 0.3) is 0 Å².